The molecule has 0 unspecified atom stereocenters. The van der Waals surface area contributed by atoms with E-state index in [9.17, 15) is 4.79 Å². The molecule has 1 spiro atoms. The summed E-state index contributed by atoms with van der Waals surface area (Å²) in [7, 11) is 0. The van der Waals surface area contributed by atoms with Crippen molar-refractivity contribution in [1.29, 1.82) is 0 Å². The van der Waals surface area contributed by atoms with Gasteiger partial charge in [0.2, 0.25) is 0 Å². The molecule has 0 aromatic heterocycles. The number of hydrogen-bond donors (Lipinski definition) is 0. The molecule has 0 saturated carbocycles. The van der Waals surface area contributed by atoms with Gasteiger partial charge < -0.3 is 14.5 Å². The van der Waals surface area contributed by atoms with Gasteiger partial charge in [-0.15, -0.1) is 0 Å². The van der Waals surface area contributed by atoms with Crippen LogP contribution in [0.15, 0.2) is 48.5 Å². The smallest absolute Gasteiger partial charge is 0.253 e. The van der Waals surface area contributed by atoms with Crippen molar-refractivity contribution in [3.05, 3.63) is 59.1 Å². The number of rotatable bonds is 3. The third kappa shape index (κ3) is 3.83. The molecule has 2 heterocycles. The van der Waals surface area contributed by atoms with Crippen LogP contribution in [-0.2, 0) is 0 Å². The summed E-state index contributed by atoms with van der Waals surface area (Å²) in [5.41, 5.74) is 1.71. The van der Waals surface area contributed by atoms with Gasteiger partial charge in [-0.05, 0) is 42.8 Å². The van der Waals surface area contributed by atoms with Crippen LogP contribution in [0.3, 0.4) is 0 Å². The van der Waals surface area contributed by atoms with Crippen LogP contribution in [0.2, 0.25) is 5.02 Å². The molecule has 4 rings (SSSR count). The molecule has 2 aliphatic heterocycles. The van der Waals surface area contributed by atoms with Crippen molar-refractivity contribution in [2.75, 3.05) is 31.1 Å². The van der Waals surface area contributed by atoms with Crippen molar-refractivity contribution >= 4 is 23.2 Å². The largest absolute Gasteiger partial charge is 0.485 e. The summed E-state index contributed by atoms with van der Waals surface area (Å²) in [4.78, 5) is 17.2. The average molecular weight is 399 g/mol. The molecule has 2 aromatic rings. The number of fused-ring (bicyclic) bond motifs is 1. The Labute approximate surface area is 172 Å². The number of piperidine rings is 1. The molecule has 1 saturated heterocycles. The molecule has 2 aliphatic rings. The maximum Gasteiger partial charge on any atom is 0.253 e. The van der Waals surface area contributed by atoms with E-state index in [0.29, 0.717) is 10.6 Å². The zero-order valence-corrected chi connectivity index (χ0v) is 17.1. The minimum absolute atomic E-state index is 0.0770. The molecular formula is C23H27ClN2O2. The van der Waals surface area contributed by atoms with Crippen LogP contribution < -0.4 is 9.64 Å². The summed E-state index contributed by atoms with van der Waals surface area (Å²) in [6.07, 6.45) is 3.83. The van der Waals surface area contributed by atoms with Gasteiger partial charge in [-0.3, -0.25) is 4.79 Å². The van der Waals surface area contributed by atoms with E-state index in [0.717, 1.165) is 57.6 Å². The summed E-state index contributed by atoms with van der Waals surface area (Å²) in [5.74, 6) is 1.05. The van der Waals surface area contributed by atoms with Crippen molar-refractivity contribution in [1.82, 2.24) is 4.90 Å². The topological polar surface area (TPSA) is 32.8 Å². The van der Waals surface area contributed by atoms with E-state index in [2.05, 4.69) is 30.0 Å². The summed E-state index contributed by atoms with van der Waals surface area (Å²) in [5, 5.41) is 0.649. The van der Waals surface area contributed by atoms with Crippen molar-refractivity contribution in [2.24, 2.45) is 0 Å². The fourth-order valence-electron chi connectivity index (χ4n) is 4.29. The molecule has 0 bridgehead atoms. The van der Waals surface area contributed by atoms with Crippen LogP contribution in [0.25, 0.3) is 0 Å². The Kier molecular flexibility index (Phi) is 5.49. The number of carbonyl (C=O) groups excluding carboxylic acids is 1. The predicted molar refractivity (Wildman–Crippen MR) is 114 cm³/mol. The lowest BCUT2D eigenvalue weighted by Gasteiger charge is -2.41. The highest BCUT2D eigenvalue weighted by molar-refractivity contribution is 6.30. The van der Waals surface area contributed by atoms with E-state index in [1.165, 1.54) is 5.69 Å². The summed E-state index contributed by atoms with van der Waals surface area (Å²) < 4.78 is 6.61. The first-order valence-electron chi connectivity index (χ1n) is 10.2. The molecule has 2 aromatic carbocycles. The molecule has 0 aliphatic carbocycles. The molecule has 0 radical (unpaired) electrons. The van der Waals surface area contributed by atoms with Crippen LogP contribution in [0.1, 0.15) is 43.0 Å². The number of anilines is 1. The molecule has 0 N–H and O–H groups in total. The van der Waals surface area contributed by atoms with Gasteiger partial charge >= 0.3 is 0 Å². The molecule has 148 valence electrons. The van der Waals surface area contributed by atoms with Gasteiger partial charge in [-0.1, -0.05) is 30.7 Å². The molecule has 1 fully saturated rings. The number of likely N-dealkylation sites (tertiary alicyclic amines) is 1. The standard InChI is InChI=1S/C23H27ClN2O2/c1-2-14-25-15-11-23(28-21-6-4-3-5-20(21)25)12-16-26(17-13-23)22(27)18-7-9-19(24)10-8-18/h3-10H,2,11-17H2,1H3. The van der Waals surface area contributed by atoms with E-state index in [1.807, 2.05) is 11.0 Å². The predicted octanol–water partition coefficient (Wildman–Crippen LogP) is 5.01. The van der Waals surface area contributed by atoms with Crippen LogP contribution in [0.4, 0.5) is 5.69 Å². The van der Waals surface area contributed by atoms with Gasteiger partial charge in [0, 0.05) is 56.0 Å². The van der Waals surface area contributed by atoms with E-state index < -0.39 is 0 Å². The normalized spacial score (nSPS) is 18.4. The monoisotopic (exact) mass is 398 g/mol. The number of para-hydroxylation sites is 2. The fourth-order valence-corrected chi connectivity index (χ4v) is 4.42. The molecule has 1 amide bonds. The van der Waals surface area contributed by atoms with Gasteiger partial charge in [-0.2, -0.15) is 0 Å². The van der Waals surface area contributed by atoms with Crippen LogP contribution >= 0.6 is 11.6 Å². The van der Waals surface area contributed by atoms with E-state index in [-0.39, 0.29) is 11.5 Å². The maximum absolute atomic E-state index is 12.8. The zero-order chi connectivity index (χ0) is 19.6. The van der Waals surface area contributed by atoms with E-state index in [1.54, 1.807) is 24.3 Å². The van der Waals surface area contributed by atoms with Gasteiger partial charge in [-0.25, -0.2) is 0 Å². The number of halogens is 1. The van der Waals surface area contributed by atoms with Crippen LogP contribution in [0, 0.1) is 0 Å². The third-order valence-corrected chi connectivity index (χ3v) is 6.17. The lowest BCUT2D eigenvalue weighted by Crippen LogP contribution is -2.50. The Hall–Kier alpha value is -2.20. The first-order valence-corrected chi connectivity index (χ1v) is 10.6. The highest BCUT2D eigenvalue weighted by Gasteiger charge is 2.40. The van der Waals surface area contributed by atoms with Crippen LogP contribution in [-0.4, -0.2) is 42.6 Å². The SMILES string of the molecule is CCCN1CCC2(CCN(C(=O)c3ccc(Cl)cc3)CC2)Oc2ccccc21. The molecule has 0 atom stereocenters. The van der Waals surface area contributed by atoms with Crippen molar-refractivity contribution in [3.8, 4) is 5.75 Å². The minimum atomic E-state index is -0.185. The van der Waals surface area contributed by atoms with Gasteiger partial charge in [0.05, 0.1) is 5.69 Å². The fraction of sp³-hybridized carbons (Fsp3) is 0.435. The van der Waals surface area contributed by atoms with Crippen LogP contribution in [0.5, 0.6) is 5.75 Å². The van der Waals surface area contributed by atoms with Crippen molar-refractivity contribution < 1.29 is 9.53 Å². The molecule has 28 heavy (non-hydrogen) atoms. The van der Waals surface area contributed by atoms with E-state index >= 15 is 0 Å². The zero-order valence-electron chi connectivity index (χ0n) is 16.4. The second-order valence-electron chi connectivity index (χ2n) is 7.79. The number of carbonyl (C=O) groups is 1. The maximum atomic E-state index is 12.8. The first-order chi connectivity index (χ1) is 13.6. The lowest BCUT2D eigenvalue weighted by molar-refractivity contribution is 0.00241. The Morgan fingerprint density at radius 3 is 2.43 bits per heavy atom. The summed E-state index contributed by atoms with van der Waals surface area (Å²) in [6.45, 7) is 5.69. The van der Waals surface area contributed by atoms with Crippen molar-refractivity contribution in [2.45, 2.75) is 38.2 Å². The number of nitrogens with zero attached hydrogens (tertiary/aromatic N) is 2. The number of hydrogen-bond acceptors (Lipinski definition) is 3. The second kappa shape index (κ2) is 8.04. The minimum Gasteiger partial charge on any atom is -0.485 e. The summed E-state index contributed by atoms with van der Waals surface area (Å²) >= 11 is 5.95. The third-order valence-electron chi connectivity index (χ3n) is 5.92. The highest BCUT2D eigenvalue weighted by atomic mass is 35.5. The van der Waals surface area contributed by atoms with Gasteiger partial charge in [0.1, 0.15) is 11.4 Å². The van der Waals surface area contributed by atoms with Crippen molar-refractivity contribution in [3.63, 3.8) is 0 Å². The average Bonchev–Trinajstić information content (AvgIpc) is 2.86. The van der Waals surface area contributed by atoms with Gasteiger partial charge in [0.15, 0.2) is 0 Å². The van der Waals surface area contributed by atoms with E-state index in [4.69, 9.17) is 16.3 Å². The molecular weight excluding hydrogens is 372 g/mol. The number of ether oxygens (including phenoxy) is 1. The lowest BCUT2D eigenvalue weighted by atomic mass is 9.87. The quantitative estimate of drug-likeness (QED) is 0.728. The first kappa shape index (κ1) is 19.1. The van der Waals surface area contributed by atoms with Gasteiger partial charge in [0.25, 0.3) is 5.91 Å². The molecule has 4 nitrogen and oxygen atoms in total. The highest BCUT2D eigenvalue weighted by Crippen LogP contribution is 2.40. The Bertz CT molecular complexity index is 829. The second-order valence-corrected chi connectivity index (χ2v) is 8.23. The Balaban J connectivity index is 1.48. The Morgan fingerprint density at radius 2 is 1.71 bits per heavy atom. The number of benzene rings is 2. The Morgan fingerprint density at radius 1 is 1.04 bits per heavy atom. The number of amides is 1. The molecule has 5 heteroatoms. The summed E-state index contributed by atoms with van der Waals surface area (Å²) in [6, 6.07) is 15.5.